The van der Waals surface area contributed by atoms with Gasteiger partial charge in [-0.25, -0.2) is 0 Å². The Morgan fingerprint density at radius 1 is 0.632 bits per heavy atom. The molecule has 0 atom stereocenters. The van der Waals surface area contributed by atoms with Gasteiger partial charge in [-0.15, -0.1) is 0 Å². The maximum atomic E-state index is 2.25. The van der Waals surface area contributed by atoms with E-state index in [9.17, 15) is 0 Å². The molecule has 3 aromatic carbocycles. The van der Waals surface area contributed by atoms with Gasteiger partial charge in [-0.3, -0.25) is 0 Å². The molecule has 0 heterocycles. The number of hydrogen-bond donors (Lipinski definition) is 0. The van der Waals surface area contributed by atoms with E-state index >= 15 is 0 Å². The van der Waals surface area contributed by atoms with Crippen molar-refractivity contribution < 1.29 is 0 Å². The van der Waals surface area contributed by atoms with Gasteiger partial charge in [0, 0.05) is 19.8 Å². The number of fused-ring (bicyclic) bond motifs is 1. The molecular weight excluding hydrogens is 230 g/mol. The third-order valence-electron chi connectivity index (χ3n) is 3.47. The zero-order chi connectivity index (χ0) is 13.2. The highest BCUT2D eigenvalue weighted by atomic mass is 15.1. The van der Waals surface area contributed by atoms with Crippen molar-refractivity contribution in [2.24, 2.45) is 0 Å². The Bertz CT molecular complexity index is 696. The minimum Gasteiger partial charge on any atom is -0.378 e. The Balaban J connectivity index is 2.03. The van der Waals surface area contributed by atoms with Crippen molar-refractivity contribution in [3.05, 3.63) is 66.7 Å². The van der Waals surface area contributed by atoms with Crippen molar-refractivity contribution in [3.8, 4) is 11.1 Å². The van der Waals surface area contributed by atoms with Crippen LogP contribution < -0.4 is 4.90 Å². The SMILES string of the molecule is CN(C)c1ccc(-c2ccc3ccccc3c2)cc1. The third kappa shape index (κ3) is 2.32. The summed E-state index contributed by atoms with van der Waals surface area (Å²) < 4.78 is 0. The highest BCUT2D eigenvalue weighted by molar-refractivity contribution is 5.87. The first kappa shape index (κ1) is 11.8. The van der Waals surface area contributed by atoms with E-state index < -0.39 is 0 Å². The first-order chi connectivity index (χ1) is 9.24. The maximum absolute atomic E-state index is 2.25. The Morgan fingerprint density at radius 2 is 1.26 bits per heavy atom. The number of hydrogen-bond acceptors (Lipinski definition) is 1. The van der Waals surface area contributed by atoms with Crippen LogP contribution in [-0.4, -0.2) is 14.1 Å². The molecule has 0 bridgehead atoms. The van der Waals surface area contributed by atoms with Gasteiger partial charge < -0.3 is 4.90 Å². The van der Waals surface area contributed by atoms with Crippen molar-refractivity contribution >= 4 is 16.5 Å². The zero-order valence-electron chi connectivity index (χ0n) is 11.3. The fraction of sp³-hybridized carbons (Fsp3) is 0.111. The quantitative estimate of drug-likeness (QED) is 0.641. The Labute approximate surface area is 114 Å². The summed E-state index contributed by atoms with van der Waals surface area (Å²) in [4.78, 5) is 2.12. The summed E-state index contributed by atoms with van der Waals surface area (Å²) in [7, 11) is 4.12. The second kappa shape index (κ2) is 4.77. The standard InChI is InChI=1S/C18H17N/c1-19(2)18-11-9-15(10-12-18)17-8-7-14-5-3-4-6-16(14)13-17/h3-13H,1-2H3. The summed E-state index contributed by atoms with van der Waals surface area (Å²) in [5.41, 5.74) is 3.75. The number of rotatable bonds is 2. The largest absolute Gasteiger partial charge is 0.378 e. The van der Waals surface area contributed by atoms with Crippen LogP contribution in [0.15, 0.2) is 66.7 Å². The second-order valence-electron chi connectivity index (χ2n) is 5.00. The first-order valence-corrected chi connectivity index (χ1v) is 6.50. The van der Waals surface area contributed by atoms with Crippen LogP contribution in [0.5, 0.6) is 0 Å². The van der Waals surface area contributed by atoms with Gasteiger partial charge in [0.05, 0.1) is 0 Å². The molecule has 3 aromatic rings. The molecule has 1 heteroatoms. The molecule has 0 N–H and O–H groups in total. The van der Waals surface area contributed by atoms with Gasteiger partial charge in [-0.05, 0) is 40.1 Å². The van der Waals surface area contributed by atoms with E-state index in [4.69, 9.17) is 0 Å². The molecule has 0 spiro atoms. The molecule has 1 nitrogen and oxygen atoms in total. The Hall–Kier alpha value is -2.28. The number of benzene rings is 3. The van der Waals surface area contributed by atoms with Crippen molar-refractivity contribution in [2.45, 2.75) is 0 Å². The fourth-order valence-corrected chi connectivity index (χ4v) is 2.32. The molecule has 0 aromatic heterocycles. The van der Waals surface area contributed by atoms with E-state index in [0.29, 0.717) is 0 Å². The molecular formula is C18H17N. The van der Waals surface area contributed by atoms with Crippen molar-refractivity contribution in [1.82, 2.24) is 0 Å². The minimum atomic E-state index is 1.23. The average Bonchev–Trinajstić information content (AvgIpc) is 2.47. The van der Waals surface area contributed by atoms with Gasteiger partial charge in [0.2, 0.25) is 0 Å². The molecule has 0 radical (unpaired) electrons. The fourth-order valence-electron chi connectivity index (χ4n) is 2.32. The van der Waals surface area contributed by atoms with Gasteiger partial charge in [-0.1, -0.05) is 48.5 Å². The summed E-state index contributed by atoms with van der Waals surface area (Å²) in [6.07, 6.45) is 0. The molecule has 3 rings (SSSR count). The van der Waals surface area contributed by atoms with Crippen molar-refractivity contribution in [2.75, 3.05) is 19.0 Å². The summed E-state index contributed by atoms with van der Waals surface area (Å²) in [5.74, 6) is 0. The minimum absolute atomic E-state index is 1.23. The molecule has 0 saturated carbocycles. The molecule has 0 amide bonds. The topological polar surface area (TPSA) is 3.24 Å². The van der Waals surface area contributed by atoms with Crippen LogP contribution in [0.25, 0.3) is 21.9 Å². The van der Waals surface area contributed by atoms with Crippen LogP contribution in [0.1, 0.15) is 0 Å². The molecule has 0 aliphatic heterocycles. The summed E-state index contributed by atoms with van der Waals surface area (Å²) in [6.45, 7) is 0. The molecule has 0 aliphatic rings. The van der Waals surface area contributed by atoms with Gasteiger partial charge in [0.15, 0.2) is 0 Å². The van der Waals surface area contributed by atoms with Crippen LogP contribution in [-0.2, 0) is 0 Å². The lowest BCUT2D eigenvalue weighted by Gasteiger charge is -2.13. The first-order valence-electron chi connectivity index (χ1n) is 6.50. The van der Waals surface area contributed by atoms with E-state index in [2.05, 4.69) is 85.7 Å². The highest BCUT2D eigenvalue weighted by Gasteiger charge is 2.00. The Kier molecular flexibility index (Phi) is 2.96. The summed E-state index contributed by atoms with van der Waals surface area (Å²) in [6, 6.07) is 23.8. The molecule has 0 aliphatic carbocycles. The maximum Gasteiger partial charge on any atom is 0.0361 e. The second-order valence-corrected chi connectivity index (χ2v) is 5.00. The molecule has 94 valence electrons. The van der Waals surface area contributed by atoms with Crippen molar-refractivity contribution in [3.63, 3.8) is 0 Å². The predicted molar refractivity (Wildman–Crippen MR) is 83.7 cm³/mol. The van der Waals surface area contributed by atoms with Gasteiger partial charge in [-0.2, -0.15) is 0 Å². The van der Waals surface area contributed by atoms with Crippen LogP contribution >= 0.6 is 0 Å². The lowest BCUT2D eigenvalue weighted by molar-refractivity contribution is 1.13. The lowest BCUT2D eigenvalue weighted by atomic mass is 10.0. The normalized spacial score (nSPS) is 10.6. The highest BCUT2D eigenvalue weighted by Crippen LogP contribution is 2.26. The van der Waals surface area contributed by atoms with E-state index in [1.54, 1.807) is 0 Å². The van der Waals surface area contributed by atoms with E-state index in [0.717, 1.165) is 0 Å². The molecule has 0 saturated heterocycles. The van der Waals surface area contributed by atoms with Crippen LogP contribution in [0, 0.1) is 0 Å². The molecule has 0 unspecified atom stereocenters. The van der Waals surface area contributed by atoms with E-state index in [1.165, 1.54) is 27.6 Å². The molecule has 0 fully saturated rings. The Morgan fingerprint density at radius 3 is 1.95 bits per heavy atom. The zero-order valence-corrected chi connectivity index (χ0v) is 11.3. The molecule has 19 heavy (non-hydrogen) atoms. The van der Waals surface area contributed by atoms with E-state index in [-0.39, 0.29) is 0 Å². The monoisotopic (exact) mass is 247 g/mol. The summed E-state index contributed by atoms with van der Waals surface area (Å²) >= 11 is 0. The number of anilines is 1. The van der Waals surface area contributed by atoms with Gasteiger partial charge >= 0.3 is 0 Å². The number of nitrogens with zero attached hydrogens (tertiary/aromatic N) is 1. The van der Waals surface area contributed by atoms with Crippen LogP contribution in [0.4, 0.5) is 5.69 Å². The average molecular weight is 247 g/mol. The summed E-state index contributed by atoms with van der Waals surface area (Å²) in [5, 5.41) is 2.58. The lowest BCUT2D eigenvalue weighted by Crippen LogP contribution is -2.07. The predicted octanol–water partition coefficient (Wildman–Crippen LogP) is 4.57. The van der Waals surface area contributed by atoms with Crippen molar-refractivity contribution in [1.29, 1.82) is 0 Å². The smallest absolute Gasteiger partial charge is 0.0361 e. The van der Waals surface area contributed by atoms with Crippen LogP contribution in [0.2, 0.25) is 0 Å². The van der Waals surface area contributed by atoms with Crippen LogP contribution in [0.3, 0.4) is 0 Å². The van der Waals surface area contributed by atoms with Gasteiger partial charge in [0.1, 0.15) is 0 Å². The van der Waals surface area contributed by atoms with Gasteiger partial charge in [0.25, 0.3) is 0 Å². The van der Waals surface area contributed by atoms with E-state index in [1.807, 2.05) is 0 Å². The third-order valence-corrected chi connectivity index (χ3v) is 3.47.